The molecule has 1 N–H and O–H groups in total. The first kappa shape index (κ1) is 16.6. The number of rotatable bonds is 7. The third kappa shape index (κ3) is 3.82. The number of carbonyl (C=O) groups is 1. The largest absolute Gasteiger partial charge is 0.493 e. The second-order valence-electron chi connectivity index (χ2n) is 5.30. The predicted octanol–water partition coefficient (Wildman–Crippen LogP) is 3.14. The van der Waals surface area contributed by atoms with E-state index in [2.05, 4.69) is 10.3 Å². The maximum absolute atomic E-state index is 12.3. The lowest BCUT2D eigenvalue weighted by molar-refractivity contribution is 0.0927. The minimum atomic E-state index is -0.365. The lowest BCUT2D eigenvalue weighted by atomic mass is 10.2. The van der Waals surface area contributed by atoms with Crippen molar-refractivity contribution in [2.24, 2.45) is 0 Å². The van der Waals surface area contributed by atoms with Crippen LogP contribution in [0.15, 0.2) is 57.9 Å². The average Bonchev–Trinajstić information content (AvgIpc) is 3.31. The summed E-state index contributed by atoms with van der Waals surface area (Å²) in [5, 5.41) is 2.78. The van der Waals surface area contributed by atoms with Crippen LogP contribution in [0.5, 0.6) is 11.5 Å². The number of para-hydroxylation sites is 2. The van der Waals surface area contributed by atoms with Crippen molar-refractivity contribution in [1.29, 1.82) is 0 Å². The summed E-state index contributed by atoms with van der Waals surface area (Å²) >= 11 is 0. The van der Waals surface area contributed by atoms with Gasteiger partial charge < -0.3 is 23.6 Å². The van der Waals surface area contributed by atoms with Gasteiger partial charge in [-0.3, -0.25) is 4.79 Å². The number of oxazole rings is 1. The second kappa shape index (κ2) is 7.57. The number of benzene rings is 1. The molecule has 0 aliphatic rings. The van der Waals surface area contributed by atoms with E-state index in [0.29, 0.717) is 29.6 Å². The van der Waals surface area contributed by atoms with E-state index >= 15 is 0 Å². The summed E-state index contributed by atoms with van der Waals surface area (Å²) in [7, 11) is 1.58. The first-order valence-electron chi connectivity index (χ1n) is 7.74. The zero-order valence-corrected chi connectivity index (χ0v) is 13.9. The van der Waals surface area contributed by atoms with Crippen molar-refractivity contribution in [3.05, 3.63) is 54.7 Å². The van der Waals surface area contributed by atoms with E-state index in [4.69, 9.17) is 18.3 Å². The minimum Gasteiger partial charge on any atom is -0.493 e. The zero-order valence-electron chi connectivity index (χ0n) is 13.9. The van der Waals surface area contributed by atoms with E-state index in [1.165, 1.54) is 12.7 Å². The van der Waals surface area contributed by atoms with Gasteiger partial charge in [0.1, 0.15) is 6.10 Å². The first-order valence-corrected chi connectivity index (χ1v) is 7.74. The molecular weight excluding hydrogens is 324 g/mol. The molecule has 0 aliphatic carbocycles. The molecule has 1 aromatic carbocycles. The smallest absolute Gasteiger partial charge is 0.274 e. The van der Waals surface area contributed by atoms with Gasteiger partial charge >= 0.3 is 0 Å². The van der Waals surface area contributed by atoms with Gasteiger partial charge in [0.2, 0.25) is 5.76 Å². The standard InChI is InChI=1S/C18H18N2O5/c1-12(25-14-7-4-3-6-13(14)22-2)10-19-18(21)16-17(24-11-20-16)15-8-5-9-23-15/h3-9,11-12H,10H2,1-2H3,(H,19,21)/t12-/m1/s1. The third-order valence-electron chi connectivity index (χ3n) is 3.47. The molecule has 7 nitrogen and oxygen atoms in total. The summed E-state index contributed by atoms with van der Waals surface area (Å²) in [6, 6.07) is 10.7. The molecule has 2 aromatic heterocycles. The Morgan fingerprint density at radius 2 is 2.00 bits per heavy atom. The highest BCUT2D eigenvalue weighted by Gasteiger charge is 2.20. The van der Waals surface area contributed by atoms with Crippen molar-refractivity contribution in [2.45, 2.75) is 13.0 Å². The molecule has 0 radical (unpaired) electrons. The van der Waals surface area contributed by atoms with E-state index in [0.717, 1.165) is 0 Å². The van der Waals surface area contributed by atoms with Gasteiger partial charge in [0.05, 0.1) is 19.9 Å². The molecule has 0 bridgehead atoms. The van der Waals surface area contributed by atoms with Gasteiger partial charge in [-0.25, -0.2) is 4.98 Å². The summed E-state index contributed by atoms with van der Waals surface area (Å²) in [5.41, 5.74) is 0.166. The van der Waals surface area contributed by atoms with E-state index in [-0.39, 0.29) is 17.7 Å². The maximum Gasteiger partial charge on any atom is 0.274 e. The predicted molar refractivity (Wildman–Crippen MR) is 89.6 cm³/mol. The van der Waals surface area contributed by atoms with Gasteiger partial charge in [0, 0.05) is 0 Å². The Morgan fingerprint density at radius 3 is 2.72 bits per heavy atom. The fourth-order valence-corrected chi connectivity index (χ4v) is 2.29. The van der Waals surface area contributed by atoms with Crippen LogP contribution in [0, 0.1) is 0 Å². The van der Waals surface area contributed by atoms with Crippen LogP contribution in [-0.4, -0.2) is 30.6 Å². The Kier molecular flexibility index (Phi) is 5.03. The SMILES string of the molecule is COc1ccccc1O[C@H](C)CNC(=O)c1ncoc1-c1ccco1. The van der Waals surface area contributed by atoms with Gasteiger partial charge in [-0.1, -0.05) is 12.1 Å². The Hall–Kier alpha value is -3.22. The van der Waals surface area contributed by atoms with Gasteiger partial charge in [0.25, 0.3) is 5.91 Å². The van der Waals surface area contributed by atoms with Crippen LogP contribution in [0.1, 0.15) is 17.4 Å². The lowest BCUT2D eigenvalue weighted by Gasteiger charge is -2.17. The minimum absolute atomic E-state index is 0.166. The molecule has 0 saturated heterocycles. The number of amides is 1. The molecule has 0 fully saturated rings. The number of furan rings is 1. The molecule has 2 heterocycles. The highest BCUT2D eigenvalue weighted by atomic mass is 16.5. The number of nitrogens with one attached hydrogen (secondary N) is 1. The van der Waals surface area contributed by atoms with Crippen LogP contribution in [0.2, 0.25) is 0 Å². The molecule has 25 heavy (non-hydrogen) atoms. The molecule has 0 aliphatic heterocycles. The van der Waals surface area contributed by atoms with Crippen molar-refractivity contribution in [3.8, 4) is 23.0 Å². The lowest BCUT2D eigenvalue weighted by Crippen LogP contribution is -2.34. The fourth-order valence-electron chi connectivity index (χ4n) is 2.29. The molecule has 3 rings (SSSR count). The molecule has 0 saturated carbocycles. The Bertz CT molecular complexity index is 826. The molecule has 0 spiro atoms. The van der Waals surface area contributed by atoms with Crippen molar-refractivity contribution in [3.63, 3.8) is 0 Å². The maximum atomic E-state index is 12.3. The number of hydrogen-bond acceptors (Lipinski definition) is 6. The Balaban J connectivity index is 1.60. The van der Waals surface area contributed by atoms with Crippen LogP contribution in [0.3, 0.4) is 0 Å². The van der Waals surface area contributed by atoms with E-state index in [1.807, 2.05) is 31.2 Å². The van der Waals surface area contributed by atoms with Crippen LogP contribution in [0.4, 0.5) is 0 Å². The summed E-state index contributed by atoms with van der Waals surface area (Å²) in [5.74, 6) is 1.62. The van der Waals surface area contributed by atoms with E-state index in [9.17, 15) is 4.79 Å². The zero-order chi connectivity index (χ0) is 17.6. The normalized spacial score (nSPS) is 11.8. The van der Waals surface area contributed by atoms with Crippen molar-refractivity contribution in [2.75, 3.05) is 13.7 Å². The number of ether oxygens (including phenoxy) is 2. The summed E-state index contributed by atoms with van der Waals surface area (Å²) < 4.78 is 21.5. The highest BCUT2D eigenvalue weighted by molar-refractivity contribution is 5.97. The second-order valence-corrected chi connectivity index (χ2v) is 5.30. The van der Waals surface area contributed by atoms with Gasteiger partial charge in [-0.15, -0.1) is 0 Å². The number of methoxy groups -OCH3 is 1. The van der Waals surface area contributed by atoms with Crippen molar-refractivity contribution in [1.82, 2.24) is 10.3 Å². The van der Waals surface area contributed by atoms with Gasteiger partial charge in [-0.2, -0.15) is 0 Å². The summed E-state index contributed by atoms with van der Waals surface area (Å²) in [6.07, 6.45) is 2.45. The van der Waals surface area contributed by atoms with Crippen LogP contribution in [0.25, 0.3) is 11.5 Å². The van der Waals surface area contributed by atoms with E-state index in [1.54, 1.807) is 19.2 Å². The first-order chi connectivity index (χ1) is 12.2. The monoisotopic (exact) mass is 342 g/mol. The quantitative estimate of drug-likeness (QED) is 0.710. The average molecular weight is 342 g/mol. The fraction of sp³-hybridized carbons (Fsp3) is 0.222. The van der Waals surface area contributed by atoms with Crippen molar-refractivity contribution < 1.29 is 23.1 Å². The Labute approximate surface area is 144 Å². The molecule has 130 valence electrons. The number of nitrogens with zero attached hydrogens (tertiary/aromatic N) is 1. The number of carbonyl (C=O) groups excluding carboxylic acids is 1. The van der Waals surface area contributed by atoms with Gasteiger partial charge in [-0.05, 0) is 31.2 Å². The van der Waals surface area contributed by atoms with Crippen LogP contribution in [-0.2, 0) is 0 Å². The molecule has 0 unspecified atom stereocenters. The third-order valence-corrected chi connectivity index (χ3v) is 3.47. The van der Waals surface area contributed by atoms with Crippen LogP contribution < -0.4 is 14.8 Å². The number of hydrogen-bond donors (Lipinski definition) is 1. The van der Waals surface area contributed by atoms with Crippen molar-refractivity contribution >= 4 is 5.91 Å². The highest BCUT2D eigenvalue weighted by Crippen LogP contribution is 2.27. The van der Waals surface area contributed by atoms with E-state index < -0.39 is 0 Å². The molecule has 3 aromatic rings. The topological polar surface area (TPSA) is 86.7 Å². The van der Waals surface area contributed by atoms with Gasteiger partial charge in [0.15, 0.2) is 29.3 Å². The molecular formula is C18H18N2O5. The summed E-state index contributed by atoms with van der Waals surface area (Å²) in [4.78, 5) is 16.3. The van der Waals surface area contributed by atoms with Crippen LogP contribution >= 0.6 is 0 Å². The molecule has 1 atom stereocenters. The Morgan fingerprint density at radius 1 is 1.20 bits per heavy atom. The molecule has 1 amide bonds. The number of aromatic nitrogens is 1. The summed E-state index contributed by atoms with van der Waals surface area (Å²) in [6.45, 7) is 2.14. The molecule has 7 heteroatoms.